The maximum Gasteiger partial charge on any atom is 0.346 e. The van der Waals surface area contributed by atoms with E-state index < -0.39 is 13.9 Å². The second-order valence-corrected chi connectivity index (χ2v) is 3.36. The summed E-state index contributed by atoms with van der Waals surface area (Å²) in [5.74, 6) is 0. The zero-order chi connectivity index (χ0) is 7.61. The summed E-state index contributed by atoms with van der Waals surface area (Å²) in [5.41, 5.74) is 0. The van der Waals surface area contributed by atoms with Crippen molar-refractivity contribution in [2.45, 2.75) is 6.29 Å². The zero-order valence-electron chi connectivity index (χ0n) is 4.95. The first-order valence-corrected chi connectivity index (χ1v) is 4.26. The molecule has 0 atom stereocenters. The quantitative estimate of drug-likeness (QED) is 0.569. The molecule has 0 saturated heterocycles. The topological polar surface area (TPSA) is 88.2 Å². The highest BCUT2D eigenvalue weighted by atomic mass is 31.2. The standard InChI is InChI=1S/C3H6N3O3P/c7-10(8,9)3-6-2-1-4-5-6/h1-2H,3H2,(H2,7,8,9). The van der Waals surface area contributed by atoms with Crippen LogP contribution < -0.4 is 0 Å². The van der Waals surface area contributed by atoms with E-state index in [9.17, 15) is 4.57 Å². The van der Waals surface area contributed by atoms with Gasteiger partial charge in [0.05, 0.1) is 6.20 Å². The van der Waals surface area contributed by atoms with Crippen molar-refractivity contribution >= 4 is 7.60 Å². The van der Waals surface area contributed by atoms with Crippen molar-refractivity contribution in [2.24, 2.45) is 0 Å². The summed E-state index contributed by atoms with van der Waals surface area (Å²) >= 11 is 0. The molecule has 1 heterocycles. The molecule has 6 nitrogen and oxygen atoms in total. The fraction of sp³-hybridized carbons (Fsp3) is 0.333. The van der Waals surface area contributed by atoms with Crippen LogP contribution in [0.15, 0.2) is 12.4 Å². The Bertz CT molecular complexity index is 240. The lowest BCUT2D eigenvalue weighted by atomic mass is 10.9. The van der Waals surface area contributed by atoms with Gasteiger partial charge in [-0.05, 0) is 0 Å². The molecule has 0 bridgehead atoms. The largest absolute Gasteiger partial charge is 0.346 e. The SMILES string of the molecule is O=P(O)(O)Cn1ccnn1. The van der Waals surface area contributed by atoms with Crippen molar-refractivity contribution in [1.29, 1.82) is 0 Å². The average molecular weight is 163 g/mol. The van der Waals surface area contributed by atoms with E-state index in [0.29, 0.717) is 0 Å². The summed E-state index contributed by atoms with van der Waals surface area (Å²) < 4.78 is 11.4. The molecule has 0 spiro atoms. The minimum Gasteiger partial charge on any atom is -0.323 e. The first-order chi connectivity index (χ1) is 4.58. The molecule has 0 saturated carbocycles. The number of hydrogen-bond donors (Lipinski definition) is 2. The number of rotatable bonds is 2. The van der Waals surface area contributed by atoms with E-state index in [1.165, 1.54) is 12.4 Å². The van der Waals surface area contributed by atoms with Gasteiger partial charge >= 0.3 is 7.60 Å². The van der Waals surface area contributed by atoms with E-state index in [1.807, 2.05) is 0 Å². The number of nitrogens with zero attached hydrogens (tertiary/aromatic N) is 3. The highest BCUT2D eigenvalue weighted by Crippen LogP contribution is 2.35. The fourth-order valence-corrected chi connectivity index (χ4v) is 1.03. The summed E-state index contributed by atoms with van der Waals surface area (Å²) in [5, 5.41) is 6.75. The lowest BCUT2D eigenvalue weighted by Gasteiger charge is -2.00. The smallest absolute Gasteiger partial charge is 0.323 e. The van der Waals surface area contributed by atoms with Crippen LogP contribution in [0.1, 0.15) is 0 Å². The second kappa shape index (κ2) is 2.49. The van der Waals surface area contributed by atoms with Gasteiger partial charge in [0.2, 0.25) is 0 Å². The van der Waals surface area contributed by atoms with Gasteiger partial charge in [0, 0.05) is 6.20 Å². The highest BCUT2D eigenvalue weighted by molar-refractivity contribution is 7.50. The molecular formula is C3H6N3O3P. The van der Waals surface area contributed by atoms with E-state index in [0.717, 1.165) is 4.68 Å². The second-order valence-electron chi connectivity index (χ2n) is 1.75. The van der Waals surface area contributed by atoms with Gasteiger partial charge in [-0.3, -0.25) is 4.57 Å². The Balaban J connectivity index is 2.66. The Labute approximate surface area is 56.6 Å². The fourth-order valence-electron chi connectivity index (χ4n) is 0.497. The predicted molar refractivity (Wildman–Crippen MR) is 32.1 cm³/mol. The maximum absolute atomic E-state index is 10.3. The van der Waals surface area contributed by atoms with Crippen LogP contribution in [-0.2, 0) is 10.9 Å². The molecular weight excluding hydrogens is 157 g/mol. The highest BCUT2D eigenvalue weighted by Gasteiger charge is 2.13. The Kier molecular flexibility index (Phi) is 1.85. The summed E-state index contributed by atoms with van der Waals surface area (Å²) in [6.45, 7) is 0. The lowest BCUT2D eigenvalue weighted by molar-refractivity contribution is 0.358. The van der Waals surface area contributed by atoms with Gasteiger partial charge in [-0.15, -0.1) is 5.10 Å². The van der Waals surface area contributed by atoms with E-state index >= 15 is 0 Å². The number of aromatic nitrogens is 3. The first-order valence-electron chi connectivity index (χ1n) is 2.46. The first kappa shape index (κ1) is 7.40. The summed E-state index contributed by atoms with van der Waals surface area (Å²) in [6, 6.07) is 0. The van der Waals surface area contributed by atoms with Crippen molar-refractivity contribution in [1.82, 2.24) is 15.0 Å². The molecule has 1 aromatic rings. The van der Waals surface area contributed by atoms with Gasteiger partial charge in [0.15, 0.2) is 0 Å². The average Bonchev–Trinajstić information content (AvgIpc) is 2.12. The zero-order valence-corrected chi connectivity index (χ0v) is 5.85. The van der Waals surface area contributed by atoms with Crippen molar-refractivity contribution in [3.05, 3.63) is 12.4 Å². The van der Waals surface area contributed by atoms with Gasteiger partial charge in [-0.1, -0.05) is 5.21 Å². The Morgan fingerprint density at radius 1 is 1.60 bits per heavy atom. The van der Waals surface area contributed by atoms with Gasteiger partial charge in [-0.25, -0.2) is 4.68 Å². The van der Waals surface area contributed by atoms with Crippen LogP contribution in [0, 0.1) is 0 Å². The molecule has 0 aromatic carbocycles. The Morgan fingerprint density at radius 3 is 2.70 bits per heavy atom. The van der Waals surface area contributed by atoms with E-state index in [-0.39, 0.29) is 0 Å². The molecule has 0 radical (unpaired) electrons. The predicted octanol–water partition coefficient (Wildman–Crippen LogP) is -0.587. The molecule has 0 amide bonds. The van der Waals surface area contributed by atoms with Crippen molar-refractivity contribution in [3.63, 3.8) is 0 Å². The summed E-state index contributed by atoms with van der Waals surface area (Å²) in [4.78, 5) is 16.8. The molecule has 1 aromatic heterocycles. The molecule has 0 aliphatic heterocycles. The van der Waals surface area contributed by atoms with Crippen LogP contribution in [0.3, 0.4) is 0 Å². The van der Waals surface area contributed by atoms with Crippen LogP contribution in [0.4, 0.5) is 0 Å². The van der Waals surface area contributed by atoms with Crippen molar-refractivity contribution < 1.29 is 14.4 Å². The van der Waals surface area contributed by atoms with Crippen molar-refractivity contribution in [2.75, 3.05) is 0 Å². The van der Waals surface area contributed by atoms with Crippen LogP contribution in [0.25, 0.3) is 0 Å². The third-order valence-corrected chi connectivity index (χ3v) is 1.46. The van der Waals surface area contributed by atoms with E-state index in [4.69, 9.17) is 9.79 Å². The Morgan fingerprint density at radius 2 is 2.30 bits per heavy atom. The normalized spacial score (nSPS) is 11.8. The van der Waals surface area contributed by atoms with Gasteiger partial charge < -0.3 is 9.79 Å². The summed E-state index contributed by atoms with van der Waals surface area (Å²) in [6.07, 6.45) is 2.34. The van der Waals surface area contributed by atoms with Gasteiger partial charge in [-0.2, -0.15) is 0 Å². The minimum atomic E-state index is -3.99. The lowest BCUT2D eigenvalue weighted by Crippen LogP contribution is -1.98. The van der Waals surface area contributed by atoms with Crippen LogP contribution in [-0.4, -0.2) is 24.8 Å². The molecule has 56 valence electrons. The summed E-state index contributed by atoms with van der Waals surface area (Å²) in [7, 11) is -3.99. The third kappa shape index (κ3) is 2.26. The molecule has 10 heavy (non-hydrogen) atoms. The van der Waals surface area contributed by atoms with Gasteiger partial charge in [0.25, 0.3) is 0 Å². The van der Waals surface area contributed by atoms with Crippen LogP contribution in [0.2, 0.25) is 0 Å². The molecule has 7 heteroatoms. The number of hydrogen-bond acceptors (Lipinski definition) is 3. The van der Waals surface area contributed by atoms with Crippen molar-refractivity contribution in [3.8, 4) is 0 Å². The molecule has 2 N–H and O–H groups in total. The van der Waals surface area contributed by atoms with Gasteiger partial charge in [0.1, 0.15) is 6.29 Å². The van der Waals surface area contributed by atoms with E-state index in [2.05, 4.69) is 10.3 Å². The molecule has 0 fully saturated rings. The third-order valence-electron chi connectivity index (χ3n) is 0.801. The molecule has 0 aliphatic rings. The monoisotopic (exact) mass is 163 g/mol. The molecule has 0 unspecified atom stereocenters. The van der Waals surface area contributed by atoms with Crippen LogP contribution >= 0.6 is 7.60 Å². The molecule has 0 aliphatic carbocycles. The Hall–Kier alpha value is -0.710. The molecule has 1 rings (SSSR count). The maximum atomic E-state index is 10.3. The van der Waals surface area contributed by atoms with Crippen LogP contribution in [0.5, 0.6) is 0 Å². The van der Waals surface area contributed by atoms with E-state index in [1.54, 1.807) is 0 Å². The minimum absolute atomic E-state index is 0.410.